The Morgan fingerprint density at radius 3 is 2.67 bits per heavy atom. The molecular weight excluding hydrogens is 374 g/mol. The third-order valence-electron chi connectivity index (χ3n) is 4.46. The molecule has 1 amide bonds. The molecule has 2 heterocycles. The molecule has 0 bridgehead atoms. The van der Waals surface area contributed by atoms with Crippen molar-refractivity contribution in [2.45, 2.75) is 25.8 Å². The Hall–Kier alpha value is -2.15. The maximum absolute atomic E-state index is 12.9. The highest BCUT2D eigenvalue weighted by Gasteiger charge is 2.34. The molecule has 7 heteroatoms. The number of carboxylic acid groups (broad SMARTS) is 1. The second-order valence-electron chi connectivity index (χ2n) is 6.05. The number of halogens is 1. The lowest BCUT2D eigenvalue weighted by Gasteiger charge is -2.36. The summed E-state index contributed by atoms with van der Waals surface area (Å²) in [4.78, 5) is 25.8. The predicted octanol–water partition coefficient (Wildman–Crippen LogP) is 3.16. The van der Waals surface area contributed by atoms with Crippen molar-refractivity contribution in [1.29, 1.82) is 0 Å². The van der Waals surface area contributed by atoms with E-state index < -0.39 is 11.9 Å². The van der Waals surface area contributed by atoms with Gasteiger partial charge in [0, 0.05) is 18.2 Å². The van der Waals surface area contributed by atoms with Gasteiger partial charge in [-0.3, -0.25) is 14.7 Å². The summed E-state index contributed by atoms with van der Waals surface area (Å²) in [5.74, 6) is -1.59. The van der Waals surface area contributed by atoms with Crippen molar-refractivity contribution in [3.05, 3.63) is 40.5 Å². The van der Waals surface area contributed by atoms with Gasteiger partial charge < -0.3 is 10.0 Å². The van der Waals surface area contributed by atoms with Crippen LogP contribution in [0.1, 0.15) is 30.3 Å². The molecule has 2 atom stereocenters. The van der Waals surface area contributed by atoms with E-state index >= 15 is 0 Å². The number of piperidine rings is 1. The zero-order chi connectivity index (χ0) is 17.3. The van der Waals surface area contributed by atoms with Gasteiger partial charge >= 0.3 is 5.97 Å². The van der Waals surface area contributed by atoms with Crippen molar-refractivity contribution in [1.82, 2.24) is 15.1 Å². The third kappa shape index (κ3) is 3.08. The smallest absolute Gasteiger partial charge is 0.308 e. The van der Waals surface area contributed by atoms with Crippen LogP contribution in [0.15, 0.2) is 34.8 Å². The van der Waals surface area contributed by atoms with Crippen molar-refractivity contribution in [3.8, 4) is 11.3 Å². The zero-order valence-electron chi connectivity index (χ0n) is 13.2. The fourth-order valence-corrected chi connectivity index (χ4v) is 3.57. The molecule has 0 radical (unpaired) electrons. The zero-order valence-corrected chi connectivity index (χ0v) is 14.8. The maximum atomic E-state index is 12.9. The van der Waals surface area contributed by atoms with E-state index in [1.165, 1.54) is 0 Å². The summed E-state index contributed by atoms with van der Waals surface area (Å²) in [6.07, 6.45) is 1.28. The van der Waals surface area contributed by atoms with E-state index in [4.69, 9.17) is 0 Å². The highest BCUT2D eigenvalue weighted by atomic mass is 79.9. The van der Waals surface area contributed by atoms with Gasteiger partial charge in [0.05, 0.1) is 10.4 Å². The normalized spacial score (nSPS) is 20.8. The minimum atomic E-state index is -0.853. The van der Waals surface area contributed by atoms with Crippen LogP contribution < -0.4 is 0 Å². The highest BCUT2D eigenvalue weighted by molar-refractivity contribution is 9.10. The summed E-state index contributed by atoms with van der Waals surface area (Å²) < 4.78 is 0.600. The first kappa shape index (κ1) is 16.7. The van der Waals surface area contributed by atoms with Crippen LogP contribution in [0.5, 0.6) is 0 Å². The number of carboxylic acids is 1. The Balaban J connectivity index is 1.87. The van der Waals surface area contributed by atoms with Crippen LogP contribution in [0.4, 0.5) is 0 Å². The number of aromatic amines is 1. The summed E-state index contributed by atoms with van der Waals surface area (Å²) in [5.41, 5.74) is 1.92. The van der Waals surface area contributed by atoms with Gasteiger partial charge in [0.25, 0.3) is 5.91 Å². The van der Waals surface area contributed by atoms with Gasteiger partial charge in [-0.2, -0.15) is 5.10 Å². The van der Waals surface area contributed by atoms with Crippen LogP contribution in [0.3, 0.4) is 0 Å². The minimum absolute atomic E-state index is 0.00322. The number of hydrogen-bond donors (Lipinski definition) is 2. The molecule has 126 valence electrons. The van der Waals surface area contributed by atoms with Gasteiger partial charge in [0.1, 0.15) is 11.4 Å². The number of aliphatic carboxylic acids is 1. The van der Waals surface area contributed by atoms with Crippen LogP contribution in [0, 0.1) is 5.92 Å². The molecule has 1 saturated heterocycles. The first-order chi connectivity index (χ1) is 11.5. The molecule has 1 aromatic heterocycles. The molecule has 6 nitrogen and oxygen atoms in total. The second kappa shape index (κ2) is 6.76. The first-order valence-electron chi connectivity index (χ1n) is 7.82. The van der Waals surface area contributed by atoms with Gasteiger partial charge in [-0.05, 0) is 35.7 Å². The number of benzene rings is 1. The fourth-order valence-electron chi connectivity index (χ4n) is 2.99. The van der Waals surface area contributed by atoms with E-state index in [9.17, 15) is 14.7 Å². The largest absolute Gasteiger partial charge is 0.481 e. The van der Waals surface area contributed by atoms with E-state index in [-0.39, 0.29) is 18.5 Å². The summed E-state index contributed by atoms with van der Waals surface area (Å²) >= 11 is 3.46. The van der Waals surface area contributed by atoms with Crippen LogP contribution in [0.25, 0.3) is 11.3 Å². The number of aromatic nitrogens is 2. The highest BCUT2D eigenvalue weighted by Crippen LogP contribution is 2.31. The molecule has 2 unspecified atom stereocenters. The molecule has 1 aliphatic heterocycles. The number of rotatable bonds is 3. The summed E-state index contributed by atoms with van der Waals surface area (Å²) in [5, 5.41) is 16.3. The molecule has 0 saturated carbocycles. The molecule has 24 heavy (non-hydrogen) atoms. The number of H-pyrrole nitrogens is 1. The average molecular weight is 392 g/mol. The number of carbonyl (C=O) groups excluding carboxylic acids is 1. The third-order valence-corrected chi connectivity index (χ3v) is 5.23. The van der Waals surface area contributed by atoms with Crippen LogP contribution in [-0.2, 0) is 4.79 Å². The molecule has 1 aromatic carbocycles. The van der Waals surface area contributed by atoms with E-state index in [0.29, 0.717) is 28.7 Å². The maximum Gasteiger partial charge on any atom is 0.308 e. The standard InChI is InChI=1S/C17H18BrN3O3/c1-10-7-8-12(17(23)24)9-21(10)16(22)15-13(18)14(19-20-15)11-5-3-2-4-6-11/h2-6,10,12H,7-9H2,1H3,(H,19,20)(H,23,24). The quantitative estimate of drug-likeness (QED) is 0.840. The number of nitrogens with zero attached hydrogens (tertiary/aromatic N) is 2. The number of amides is 1. The first-order valence-corrected chi connectivity index (χ1v) is 8.61. The minimum Gasteiger partial charge on any atom is -0.481 e. The molecular formula is C17H18BrN3O3. The fraction of sp³-hybridized carbons (Fsp3) is 0.353. The van der Waals surface area contributed by atoms with E-state index in [0.717, 1.165) is 5.56 Å². The summed E-state index contributed by atoms with van der Waals surface area (Å²) in [6, 6.07) is 9.56. The Morgan fingerprint density at radius 1 is 1.29 bits per heavy atom. The van der Waals surface area contributed by atoms with Crippen molar-refractivity contribution in [2.75, 3.05) is 6.54 Å². The van der Waals surface area contributed by atoms with Crippen LogP contribution in [-0.4, -0.2) is 44.7 Å². The Labute approximate surface area is 148 Å². The number of nitrogens with one attached hydrogen (secondary N) is 1. The Bertz CT molecular complexity index is 760. The van der Waals surface area contributed by atoms with E-state index in [1.54, 1.807) is 4.90 Å². The summed E-state index contributed by atoms with van der Waals surface area (Å²) in [6.45, 7) is 2.17. The van der Waals surface area contributed by atoms with Crippen molar-refractivity contribution in [3.63, 3.8) is 0 Å². The monoisotopic (exact) mass is 391 g/mol. The number of likely N-dealkylation sites (tertiary alicyclic amines) is 1. The topological polar surface area (TPSA) is 86.3 Å². The van der Waals surface area contributed by atoms with Gasteiger partial charge in [0.2, 0.25) is 0 Å². The Kier molecular flexibility index (Phi) is 4.71. The van der Waals surface area contributed by atoms with Crippen molar-refractivity contribution >= 4 is 27.8 Å². The SMILES string of the molecule is CC1CCC(C(=O)O)CN1C(=O)c1[nH]nc(-c2ccccc2)c1Br. The van der Waals surface area contributed by atoms with Gasteiger partial charge in [-0.25, -0.2) is 0 Å². The van der Waals surface area contributed by atoms with E-state index in [2.05, 4.69) is 26.1 Å². The molecule has 1 aliphatic rings. The molecule has 3 rings (SSSR count). The molecule has 1 fully saturated rings. The molecule has 0 spiro atoms. The predicted molar refractivity (Wildman–Crippen MR) is 92.6 cm³/mol. The lowest BCUT2D eigenvalue weighted by Crippen LogP contribution is -2.47. The van der Waals surface area contributed by atoms with E-state index in [1.807, 2.05) is 37.3 Å². The number of carbonyl (C=O) groups is 2. The molecule has 2 aromatic rings. The van der Waals surface area contributed by atoms with Crippen molar-refractivity contribution in [2.24, 2.45) is 5.92 Å². The molecule has 0 aliphatic carbocycles. The van der Waals surface area contributed by atoms with Crippen LogP contribution >= 0.6 is 15.9 Å². The lowest BCUT2D eigenvalue weighted by molar-refractivity contribution is -0.143. The van der Waals surface area contributed by atoms with Gasteiger partial charge in [-0.1, -0.05) is 30.3 Å². The van der Waals surface area contributed by atoms with Crippen LogP contribution in [0.2, 0.25) is 0 Å². The van der Waals surface area contributed by atoms with Gasteiger partial charge in [0.15, 0.2) is 0 Å². The van der Waals surface area contributed by atoms with Crippen molar-refractivity contribution < 1.29 is 14.7 Å². The Morgan fingerprint density at radius 2 is 2.00 bits per heavy atom. The second-order valence-corrected chi connectivity index (χ2v) is 6.84. The average Bonchev–Trinajstić information content (AvgIpc) is 2.97. The number of hydrogen-bond acceptors (Lipinski definition) is 3. The summed E-state index contributed by atoms with van der Waals surface area (Å²) in [7, 11) is 0. The lowest BCUT2D eigenvalue weighted by atomic mass is 9.93. The van der Waals surface area contributed by atoms with Gasteiger partial charge in [-0.15, -0.1) is 0 Å². The molecule has 2 N–H and O–H groups in total.